The minimum Gasteiger partial charge on any atom is -0.480 e. The lowest BCUT2D eigenvalue weighted by Gasteiger charge is -2.29. The van der Waals surface area contributed by atoms with E-state index >= 15 is 0 Å². The van der Waals surface area contributed by atoms with Crippen molar-refractivity contribution >= 4 is 23.2 Å². The van der Waals surface area contributed by atoms with Gasteiger partial charge < -0.3 is 10.4 Å². The first-order chi connectivity index (χ1) is 8.84. The molecule has 1 heterocycles. The zero-order valence-electron chi connectivity index (χ0n) is 11.3. The molecule has 0 bridgehead atoms. The highest BCUT2D eigenvalue weighted by molar-refractivity contribution is 7.13. The largest absolute Gasteiger partial charge is 0.480 e. The molecule has 1 fully saturated rings. The lowest BCUT2D eigenvalue weighted by molar-refractivity contribution is -0.145. The first-order valence-corrected chi connectivity index (χ1v) is 7.18. The standard InChI is InChI=1S/C13H18N2O3S/c1-7(2)13(3,12(17)18)15-10(16)9-6-14-11(19-9)8-4-5-8/h6-8H,4-5H2,1-3H3,(H,15,16)(H,17,18). The van der Waals surface area contributed by atoms with E-state index in [4.69, 9.17) is 0 Å². The first-order valence-electron chi connectivity index (χ1n) is 6.36. The fraction of sp³-hybridized carbons (Fsp3) is 0.615. The number of aliphatic carboxylic acids is 1. The zero-order chi connectivity index (χ0) is 14.2. The van der Waals surface area contributed by atoms with Crippen LogP contribution in [0.15, 0.2) is 6.20 Å². The number of nitrogens with zero attached hydrogens (tertiary/aromatic N) is 1. The van der Waals surface area contributed by atoms with Crippen LogP contribution < -0.4 is 5.32 Å². The topological polar surface area (TPSA) is 79.3 Å². The van der Waals surface area contributed by atoms with Crippen LogP contribution in [-0.4, -0.2) is 27.5 Å². The van der Waals surface area contributed by atoms with Gasteiger partial charge in [0.2, 0.25) is 0 Å². The summed E-state index contributed by atoms with van der Waals surface area (Å²) in [5, 5.41) is 12.9. The van der Waals surface area contributed by atoms with Gasteiger partial charge in [0.1, 0.15) is 10.4 Å². The molecule has 1 amide bonds. The average Bonchev–Trinajstić information content (AvgIpc) is 3.06. The normalized spacial score (nSPS) is 18.1. The number of carbonyl (C=O) groups excluding carboxylic acids is 1. The molecule has 1 aromatic heterocycles. The van der Waals surface area contributed by atoms with E-state index in [0.717, 1.165) is 17.8 Å². The number of carbonyl (C=O) groups is 2. The maximum Gasteiger partial charge on any atom is 0.329 e. The van der Waals surface area contributed by atoms with Crippen LogP contribution >= 0.6 is 11.3 Å². The summed E-state index contributed by atoms with van der Waals surface area (Å²) >= 11 is 1.36. The number of carboxylic acid groups (broad SMARTS) is 1. The van der Waals surface area contributed by atoms with Gasteiger partial charge in [-0.25, -0.2) is 9.78 Å². The summed E-state index contributed by atoms with van der Waals surface area (Å²) in [4.78, 5) is 28.2. The van der Waals surface area contributed by atoms with Gasteiger partial charge in [-0.1, -0.05) is 13.8 Å². The van der Waals surface area contributed by atoms with Gasteiger partial charge in [-0.2, -0.15) is 0 Å². The summed E-state index contributed by atoms with van der Waals surface area (Å²) < 4.78 is 0. The first kappa shape index (κ1) is 14.0. The fourth-order valence-electron chi connectivity index (χ4n) is 1.65. The smallest absolute Gasteiger partial charge is 0.329 e. The van der Waals surface area contributed by atoms with Crippen LogP contribution in [-0.2, 0) is 4.79 Å². The van der Waals surface area contributed by atoms with Crippen LogP contribution in [0.3, 0.4) is 0 Å². The number of amides is 1. The Morgan fingerprint density at radius 3 is 2.63 bits per heavy atom. The summed E-state index contributed by atoms with van der Waals surface area (Å²) in [6, 6.07) is 0. The Bertz CT molecular complexity index is 508. The van der Waals surface area contributed by atoms with E-state index in [1.807, 2.05) is 0 Å². The Kier molecular flexibility index (Phi) is 3.62. The van der Waals surface area contributed by atoms with Crippen LogP contribution in [0, 0.1) is 5.92 Å². The molecule has 0 aromatic carbocycles. The van der Waals surface area contributed by atoms with Crippen LogP contribution in [0.5, 0.6) is 0 Å². The molecule has 0 radical (unpaired) electrons. The number of rotatable bonds is 5. The maximum atomic E-state index is 12.1. The Morgan fingerprint density at radius 1 is 1.53 bits per heavy atom. The molecule has 5 nitrogen and oxygen atoms in total. The minimum atomic E-state index is -1.26. The lowest BCUT2D eigenvalue weighted by atomic mass is 9.88. The van der Waals surface area contributed by atoms with E-state index in [9.17, 15) is 14.7 Å². The van der Waals surface area contributed by atoms with Gasteiger partial charge in [0.25, 0.3) is 5.91 Å². The number of hydrogen-bond donors (Lipinski definition) is 2. The van der Waals surface area contributed by atoms with Crippen molar-refractivity contribution < 1.29 is 14.7 Å². The second-order valence-electron chi connectivity index (χ2n) is 5.45. The van der Waals surface area contributed by atoms with Crippen LogP contribution in [0.4, 0.5) is 0 Å². The van der Waals surface area contributed by atoms with Crippen molar-refractivity contribution in [2.45, 2.75) is 45.1 Å². The third-order valence-corrected chi connectivity index (χ3v) is 4.80. The summed E-state index contributed by atoms with van der Waals surface area (Å²) in [5.74, 6) is -1.09. The van der Waals surface area contributed by atoms with Crippen molar-refractivity contribution in [3.8, 4) is 0 Å². The van der Waals surface area contributed by atoms with E-state index in [1.54, 1.807) is 13.8 Å². The SMILES string of the molecule is CC(C)C(C)(NC(=O)c1cnc(C2CC2)s1)C(=O)O. The molecule has 1 aromatic rings. The monoisotopic (exact) mass is 282 g/mol. The van der Waals surface area contributed by atoms with Crippen molar-refractivity contribution in [2.75, 3.05) is 0 Å². The molecule has 0 saturated heterocycles. The zero-order valence-corrected chi connectivity index (χ0v) is 12.1. The van der Waals surface area contributed by atoms with Crippen LogP contribution in [0.2, 0.25) is 0 Å². The Hall–Kier alpha value is -1.43. The van der Waals surface area contributed by atoms with Crippen LogP contribution in [0.25, 0.3) is 0 Å². The molecule has 1 aliphatic rings. The number of aromatic nitrogens is 1. The molecule has 104 valence electrons. The predicted octanol–water partition coefficient (Wildman–Crippen LogP) is 2.25. The summed E-state index contributed by atoms with van der Waals surface area (Å²) in [6.07, 6.45) is 3.80. The van der Waals surface area contributed by atoms with E-state index in [0.29, 0.717) is 10.8 Å². The molecule has 6 heteroatoms. The maximum absolute atomic E-state index is 12.1. The van der Waals surface area contributed by atoms with Gasteiger partial charge in [0.15, 0.2) is 0 Å². The van der Waals surface area contributed by atoms with Gasteiger partial charge in [0.05, 0.1) is 11.2 Å². The summed E-state index contributed by atoms with van der Waals surface area (Å²) in [5.41, 5.74) is -1.26. The fourth-order valence-corrected chi connectivity index (χ4v) is 2.64. The van der Waals surface area contributed by atoms with Gasteiger partial charge in [0, 0.05) is 5.92 Å². The second-order valence-corrected chi connectivity index (χ2v) is 6.52. The minimum absolute atomic E-state index is 0.204. The van der Waals surface area contributed by atoms with Crippen molar-refractivity contribution in [3.05, 3.63) is 16.1 Å². The van der Waals surface area contributed by atoms with Gasteiger partial charge >= 0.3 is 5.97 Å². The number of hydrogen-bond acceptors (Lipinski definition) is 4. The number of thiazole rings is 1. The molecular weight excluding hydrogens is 264 g/mol. The molecule has 2 rings (SSSR count). The van der Waals surface area contributed by atoms with E-state index in [-0.39, 0.29) is 11.8 Å². The van der Waals surface area contributed by atoms with E-state index in [1.165, 1.54) is 24.5 Å². The summed E-state index contributed by atoms with van der Waals surface area (Å²) in [7, 11) is 0. The predicted molar refractivity (Wildman–Crippen MR) is 72.4 cm³/mol. The molecule has 1 unspecified atom stereocenters. The number of nitrogens with one attached hydrogen (secondary N) is 1. The lowest BCUT2D eigenvalue weighted by Crippen LogP contribution is -2.55. The van der Waals surface area contributed by atoms with Crippen molar-refractivity contribution in [1.29, 1.82) is 0 Å². The molecule has 1 atom stereocenters. The Balaban J connectivity index is 2.12. The molecular formula is C13H18N2O3S. The van der Waals surface area contributed by atoms with Crippen molar-refractivity contribution in [3.63, 3.8) is 0 Å². The van der Waals surface area contributed by atoms with E-state index in [2.05, 4.69) is 10.3 Å². The highest BCUT2D eigenvalue weighted by atomic mass is 32.1. The molecule has 1 saturated carbocycles. The van der Waals surface area contributed by atoms with Crippen molar-refractivity contribution in [1.82, 2.24) is 10.3 Å². The summed E-state index contributed by atoms with van der Waals surface area (Å²) in [6.45, 7) is 5.08. The van der Waals surface area contributed by atoms with Crippen LogP contribution in [0.1, 0.15) is 54.2 Å². The third kappa shape index (κ3) is 2.78. The third-order valence-electron chi connectivity index (χ3n) is 3.65. The van der Waals surface area contributed by atoms with Gasteiger partial charge in [-0.05, 0) is 25.7 Å². The van der Waals surface area contributed by atoms with Crippen molar-refractivity contribution in [2.24, 2.45) is 5.92 Å². The Morgan fingerprint density at radius 2 is 2.16 bits per heavy atom. The molecule has 19 heavy (non-hydrogen) atoms. The molecule has 1 aliphatic carbocycles. The van der Waals surface area contributed by atoms with Gasteiger partial charge in [-0.3, -0.25) is 4.79 Å². The molecule has 0 aliphatic heterocycles. The van der Waals surface area contributed by atoms with E-state index < -0.39 is 11.5 Å². The highest BCUT2D eigenvalue weighted by Gasteiger charge is 2.39. The number of carboxylic acids is 1. The molecule has 2 N–H and O–H groups in total. The highest BCUT2D eigenvalue weighted by Crippen LogP contribution is 2.41. The molecule has 0 spiro atoms. The average molecular weight is 282 g/mol. The van der Waals surface area contributed by atoms with Gasteiger partial charge in [-0.15, -0.1) is 11.3 Å². The quantitative estimate of drug-likeness (QED) is 0.868. The second kappa shape index (κ2) is 4.92. The Labute approximate surface area is 116 Å².